The third-order valence-corrected chi connectivity index (χ3v) is 4.27. The van der Waals surface area contributed by atoms with Gasteiger partial charge in [0.1, 0.15) is 5.75 Å². The minimum atomic E-state index is -4.50. The van der Waals surface area contributed by atoms with Crippen LogP contribution in [0.5, 0.6) is 11.6 Å². The summed E-state index contributed by atoms with van der Waals surface area (Å²) in [6.07, 6.45) is -4.50. The Morgan fingerprint density at radius 1 is 1.11 bits per heavy atom. The normalized spacial score (nSPS) is 11.4. The Morgan fingerprint density at radius 3 is 2.39 bits per heavy atom. The average Bonchev–Trinajstić information content (AvgIpc) is 2.98. The van der Waals surface area contributed by atoms with Gasteiger partial charge >= 0.3 is 12.2 Å². The molecule has 146 valence electrons. The predicted octanol–water partition coefficient (Wildman–Crippen LogP) is 6.39. The summed E-state index contributed by atoms with van der Waals surface area (Å²) in [5.74, 6) is -0.105. The SMILES string of the molecule is Cc1cc(Oc2cccc(C(F)(F)F)c2)nn1C(=O)Nc1c(Cl)cccc1Cl. The number of hydrogen-bond acceptors (Lipinski definition) is 3. The first kappa shape index (κ1) is 20.0. The molecule has 0 fully saturated rings. The van der Waals surface area contributed by atoms with Crippen LogP contribution in [0.4, 0.5) is 23.7 Å². The Morgan fingerprint density at radius 2 is 1.75 bits per heavy atom. The topological polar surface area (TPSA) is 56.2 Å². The number of halogens is 5. The van der Waals surface area contributed by atoms with Crippen molar-refractivity contribution >= 4 is 34.9 Å². The van der Waals surface area contributed by atoms with Crippen molar-refractivity contribution in [3.63, 3.8) is 0 Å². The lowest BCUT2D eigenvalue weighted by Gasteiger charge is -2.10. The number of rotatable bonds is 3. The van der Waals surface area contributed by atoms with Crippen LogP contribution in [-0.4, -0.2) is 15.8 Å². The number of benzene rings is 2. The number of nitrogens with one attached hydrogen (secondary N) is 1. The molecule has 0 spiro atoms. The average molecular weight is 430 g/mol. The Labute approximate surface area is 167 Å². The Kier molecular flexibility index (Phi) is 5.53. The number of alkyl halides is 3. The number of aromatic nitrogens is 2. The van der Waals surface area contributed by atoms with E-state index in [1.165, 1.54) is 18.2 Å². The largest absolute Gasteiger partial charge is 0.438 e. The maximum Gasteiger partial charge on any atom is 0.416 e. The molecule has 0 bridgehead atoms. The van der Waals surface area contributed by atoms with Crippen molar-refractivity contribution in [3.05, 3.63) is 69.8 Å². The van der Waals surface area contributed by atoms with Gasteiger partial charge in [-0.3, -0.25) is 0 Å². The van der Waals surface area contributed by atoms with E-state index in [2.05, 4.69) is 10.4 Å². The van der Waals surface area contributed by atoms with Gasteiger partial charge < -0.3 is 10.1 Å². The summed E-state index contributed by atoms with van der Waals surface area (Å²) in [7, 11) is 0. The molecule has 10 heteroatoms. The zero-order valence-electron chi connectivity index (χ0n) is 14.2. The summed E-state index contributed by atoms with van der Waals surface area (Å²) in [5.41, 5.74) is -0.249. The minimum absolute atomic E-state index is 0.0442. The first-order valence-corrected chi connectivity index (χ1v) is 8.58. The molecule has 1 heterocycles. The van der Waals surface area contributed by atoms with Crippen LogP contribution in [0.2, 0.25) is 10.0 Å². The second-order valence-electron chi connectivity index (χ2n) is 5.69. The van der Waals surface area contributed by atoms with Crippen LogP contribution in [0, 0.1) is 6.92 Å². The van der Waals surface area contributed by atoms with Crippen LogP contribution < -0.4 is 10.1 Å². The first-order chi connectivity index (χ1) is 13.1. The summed E-state index contributed by atoms with van der Waals surface area (Å²) in [4.78, 5) is 12.5. The van der Waals surface area contributed by atoms with Gasteiger partial charge in [-0.05, 0) is 37.3 Å². The van der Waals surface area contributed by atoms with Gasteiger partial charge in [0.2, 0.25) is 5.88 Å². The van der Waals surface area contributed by atoms with Crippen molar-refractivity contribution in [2.75, 3.05) is 5.32 Å². The van der Waals surface area contributed by atoms with Gasteiger partial charge in [-0.1, -0.05) is 35.3 Å². The lowest BCUT2D eigenvalue weighted by Crippen LogP contribution is -2.22. The molecule has 0 aliphatic heterocycles. The zero-order valence-corrected chi connectivity index (χ0v) is 15.7. The first-order valence-electron chi connectivity index (χ1n) is 7.82. The van der Waals surface area contributed by atoms with Gasteiger partial charge in [0.05, 0.1) is 27.0 Å². The molecule has 1 amide bonds. The van der Waals surface area contributed by atoms with Gasteiger partial charge in [0, 0.05) is 6.07 Å². The molecule has 0 atom stereocenters. The van der Waals surface area contributed by atoms with Gasteiger partial charge in [0.25, 0.3) is 0 Å². The molecule has 3 aromatic rings. The second-order valence-corrected chi connectivity index (χ2v) is 6.50. The van der Waals surface area contributed by atoms with E-state index < -0.39 is 17.8 Å². The van der Waals surface area contributed by atoms with Crippen molar-refractivity contribution in [1.82, 2.24) is 9.78 Å². The Bertz CT molecular complexity index is 1010. The van der Waals surface area contributed by atoms with Gasteiger partial charge in [-0.25, -0.2) is 4.79 Å². The molecular weight excluding hydrogens is 418 g/mol. The molecule has 0 radical (unpaired) electrons. The van der Waals surface area contributed by atoms with Gasteiger partial charge in [-0.2, -0.15) is 17.9 Å². The third kappa shape index (κ3) is 4.40. The van der Waals surface area contributed by atoms with E-state index in [0.29, 0.717) is 5.69 Å². The van der Waals surface area contributed by atoms with Crippen LogP contribution in [0.25, 0.3) is 0 Å². The number of carbonyl (C=O) groups excluding carboxylic acids is 1. The second kappa shape index (κ2) is 7.73. The van der Waals surface area contributed by atoms with Crippen molar-refractivity contribution in [2.24, 2.45) is 0 Å². The molecule has 0 aliphatic rings. The quantitative estimate of drug-likeness (QED) is 0.524. The Hall–Kier alpha value is -2.71. The van der Waals surface area contributed by atoms with Gasteiger partial charge in [-0.15, -0.1) is 5.10 Å². The van der Waals surface area contributed by atoms with Crippen molar-refractivity contribution < 1.29 is 22.7 Å². The van der Waals surface area contributed by atoms with E-state index >= 15 is 0 Å². The molecular formula is C18H12Cl2F3N3O2. The Balaban J connectivity index is 1.81. The molecule has 0 aliphatic carbocycles. The van der Waals surface area contributed by atoms with Crippen molar-refractivity contribution in [3.8, 4) is 11.6 Å². The van der Waals surface area contributed by atoms with Crippen LogP contribution >= 0.6 is 23.2 Å². The lowest BCUT2D eigenvalue weighted by atomic mass is 10.2. The van der Waals surface area contributed by atoms with E-state index in [4.69, 9.17) is 27.9 Å². The number of para-hydroxylation sites is 1. The van der Waals surface area contributed by atoms with Crippen molar-refractivity contribution in [1.29, 1.82) is 0 Å². The fourth-order valence-electron chi connectivity index (χ4n) is 2.34. The predicted molar refractivity (Wildman–Crippen MR) is 99.4 cm³/mol. The number of ether oxygens (including phenoxy) is 1. The molecule has 3 rings (SSSR count). The number of anilines is 1. The number of hydrogen-bond donors (Lipinski definition) is 1. The molecule has 2 aromatic carbocycles. The van der Waals surface area contributed by atoms with Crippen LogP contribution in [0.1, 0.15) is 11.3 Å². The standard InChI is InChI=1S/C18H12Cl2F3N3O2/c1-10-8-15(28-12-5-2-4-11(9-12)18(21,22)23)25-26(10)17(27)24-16-13(19)6-3-7-14(16)20/h2-9H,1H3,(H,24,27). The van der Waals surface area contributed by atoms with E-state index in [1.54, 1.807) is 25.1 Å². The highest BCUT2D eigenvalue weighted by Gasteiger charge is 2.30. The van der Waals surface area contributed by atoms with E-state index in [-0.39, 0.29) is 27.4 Å². The van der Waals surface area contributed by atoms with Crippen LogP contribution in [0.15, 0.2) is 48.5 Å². The summed E-state index contributed by atoms with van der Waals surface area (Å²) >= 11 is 12.0. The maximum atomic E-state index is 12.8. The highest BCUT2D eigenvalue weighted by atomic mass is 35.5. The van der Waals surface area contributed by atoms with E-state index in [9.17, 15) is 18.0 Å². The molecule has 5 nitrogen and oxygen atoms in total. The third-order valence-electron chi connectivity index (χ3n) is 3.64. The molecule has 1 aromatic heterocycles. The minimum Gasteiger partial charge on any atom is -0.438 e. The molecule has 0 unspecified atom stereocenters. The molecule has 0 saturated carbocycles. The molecule has 1 N–H and O–H groups in total. The highest BCUT2D eigenvalue weighted by Crippen LogP contribution is 2.33. The lowest BCUT2D eigenvalue weighted by molar-refractivity contribution is -0.137. The number of amides is 1. The van der Waals surface area contributed by atoms with E-state index in [1.807, 2.05) is 0 Å². The summed E-state index contributed by atoms with van der Waals surface area (Å²) < 4.78 is 44.8. The number of aryl methyl sites for hydroxylation is 1. The number of carbonyl (C=O) groups is 1. The number of nitrogens with zero attached hydrogens (tertiary/aromatic N) is 2. The van der Waals surface area contributed by atoms with E-state index in [0.717, 1.165) is 16.8 Å². The fraction of sp³-hybridized carbons (Fsp3) is 0.111. The smallest absolute Gasteiger partial charge is 0.416 e. The summed E-state index contributed by atoms with van der Waals surface area (Å²) in [6, 6.07) is 9.83. The fourth-order valence-corrected chi connectivity index (χ4v) is 2.83. The summed E-state index contributed by atoms with van der Waals surface area (Å²) in [6.45, 7) is 1.58. The maximum absolute atomic E-state index is 12.8. The van der Waals surface area contributed by atoms with Crippen LogP contribution in [0.3, 0.4) is 0 Å². The zero-order chi connectivity index (χ0) is 20.5. The van der Waals surface area contributed by atoms with Crippen LogP contribution in [-0.2, 0) is 6.18 Å². The monoisotopic (exact) mass is 429 g/mol. The van der Waals surface area contributed by atoms with Crippen molar-refractivity contribution in [2.45, 2.75) is 13.1 Å². The summed E-state index contributed by atoms with van der Waals surface area (Å²) in [5, 5.41) is 6.99. The molecule has 28 heavy (non-hydrogen) atoms. The molecule has 0 saturated heterocycles. The highest BCUT2D eigenvalue weighted by molar-refractivity contribution is 6.39. The van der Waals surface area contributed by atoms with Gasteiger partial charge in [0.15, 0.2) is 0 Å².